The standard InChI is InChI=1S/C20H25NO3/c1-19(2)12-15(13-20(3,4)21(19)23)24-18(22)17-11-7-9-14-8-5-6-10-16(14)17/h5-11,15,23H,12-13H2,1-4H3. The van der Waals surface area contributed by atoms with E-state index in [9.17, 15) is 10.0 Å². The van der Waals surface area contributed by atoms with Crippen LogP contribution in [0.3, 0.4) is 0 Å². The molecule has 0 aliphatic carbocycles. The summed E-state index contributed by atoms with van der Waals surface area (Å²) >= 11 is 0. The van der Waals surface area contributed by atoms with Crippen LogP contribution in [0.4, 0.5) is 0 Å². The molecule has 4 heteroatoms. The molecule has 1 heterocycles. The number of rotatable bonds is 2. The van der Waals surface area contributed by atoms with Crippen LogP contribution in [0.25, 0.3) is 10.8 Å². The van der Waals surface area contributed by atoms with Crippen LogP contribution in [0.15, 0.2) is 42.5 Å². The minimum absolute atomic E-state index is 0.218. The fourth-order valence-corrected chi connectivity index (χ4v) is 3.88. The van der Waals surface area contributed by atoms with Gasteiger partial charge in [-0.2, -0.15) is 5.06 Å². The Bertz CT molecular complexity index is 743. The molecule has 1 N–H and O–H groups in total. The van der Waals surface area contributed by atoms with Gasteiger partial charge in [0.15, 0.2) is 0 Å². The topological polar surface area (TPSA) is 49.8 Å². The molecule has 128 valence electrons. The van der Waals surface area contributed by atoms with Gasteiger partial charge >= 0.3 is 5.97 Å². The second-order valence-electron chi connectivity index (χ2n) is 7.90. The highest BCUT2D eigenvalue weighted by Gasteiger charge is 2.46. The van der Waals surface area contributed by atoms with E-state index < -0.39 is 11.1 Å². The molecule has 1 fully saturated rings. The van der Waals surface area contributed by atoms with Crippen LogP contribution in [0.2, 0.25) is 0 Å². The Morgan fingerprint density at radius 3 is 2.29 bits per heavy atom. The number of nitrogens with zero attached hydrogens (tertiary/aromatic N) is 1. The molecular weight excluding hydrogens is 302 g/mol. The molecule has 0 radical (unpaired) electrons. The van der Waals surface area contributed by atoms with Crippen molar-refractivity contribution in [2.75, 3.05) is 0 Å². The molecule has 4 nitrogen and oxygen atoms in total. The molecule has 0 saturated carbocycles. The highest BCUT2D eigenvalue weighted by Crippen LogP contribution is 2.38. The predicted octanol–water partition coefficient (Wildman–Crippen LogP) is 4.41. The largest absolute Gasteiger partial charge is 0.459 e. The lowest BCUT2D eigenvalue weighted by atomic mass is 9.80. The number of piperidine rings is 1. The molecule has 3 rings (SSSR count). The van der Waals surface area contributed by atoms with Crippen molar-refractivity contribution in [3.05, 3.63) is 48.0 Å². The average Bonchev–Trinajstić information content (AvgIpc) is 2.51. The first-order valence-electron chi connectivity index (χ1n) is 8.39. The Labute approximate surface area is 143 Å². The molecule has 0 atom stereocenters. The number of hydrogen-bond donors (Lipinski definition) is 1. The Morgan fingerprint density at radius 1 is 1.04 bits per heavy atom. The van der Waals surface area contributed by atoms with E-state index in [-0.39, 0.29) is 12.1 Å². The normalized spacial score (nSPS) is 20.9. The highest BCUT2D eigenvalue weighted by molar-refractivity contribution is 6.04. The fraction of sp³-hybridized carbons (Fsp3) is 0.450. The van der Waals surface area contributed by atoms with Crippen LogP contribution < -0.4 is 0 Å². The molecule has 0 aromatic heterocycles. The number of ether oxygens (including phenoxy) is 1. The number of esters is 1. The summed E-state index contributed by atoms with van der Waals surface area (Å²) in [5, 5.41) is 13.7. The molecule has 2 aromatic rings. The van der Waals surface area contributed by atoms with Gasteiger partial charge in [-0.25, -0.2) is 4.79 Å². The van der Waals surface area contributed by atoms with E-state index >= 15 is 0 Å². The van der Waals surface area contributed by atoms with Crippen molar-refractivity contribution < 1.29 is 14.7 Å². The summed E-state index contributed by atoms with van der Waals surface area (Å²) in [5.74, 6) is -0.296. The predicted molar refractivity (Wildman–Crippen MR) is 94.2 cm³/mol. The number of hydrogen-bond acceptors (Lipinski definition) is 4. The molecule has 1 saturated heterocycles. The first-order valence-corrected chi connectivity index (χ1v) is 8.39. The third-order valence-corrected chi connectivity index (χ3v) is 4.88. The smallest absolute Gasteiger partial charge is 0.339 e. The maximum Gasteiger partial charge on any atom is 0.339 e. The summed E-state index contributed by atoms with van der Waals surface area (Å²) in [4.78, 5) is 12.7. The second kappa shape index (κ2) is 5.87. The van der Waals surface area contributed by atoms with Crippen LogP contribution in [-0.2, 0) is 4.74 Å². The van der Waals surface area contributed by atoms with E-state index in [0.717, 1.165) is 10.8 Å². The Morgan fingerprint density at radius 2 is 1.62 bits per heavy atom. The van der Waals surface area contributed by atoms with Crippen LogP contribution in [0.5, 0.6) is 0 Å². The first-order chi connectivity index (χ1) is 11.2. The van der Waals surface area contributed by atoms with Crippen molar-refractivity contribution in [2.24, 2.45) is 0 Å². The van der Waals surface area contributed by atoms with Gasteiger partial charge in [0.1, 0.15) is 6.10 Å². The summed E-state index contributed by atoms with van der Waals surface area (Å²) in [6.07, 6.45) is 0.984. The van der Waals surface area contributed by atoms with Crippen molar-refractivity contribution >= 4 is 16.7 Å². The van der Waals surface area contributed by atoms with Crippen LogP contribution in [0.1, 0.15) is 50.9 Å². The van der Waals surface area contributed by atoms with E-state index in [0.29, 0.717) is 18.4 Å². The molecule has 1 aliphatic heterocycles. The quantitative estimate of drug-likeness (QED) is 0.830. The SMILES string of the molecule is CC1(C)CC(OC(=O)c2cccc3ccccc23)CC(C)(C)N1O. The zero-order valence-corrected chi connectivity index (χ0v) is 14.7. The zero-order valence-electron chi connectivity index (χ0n) is 14.7. The number of fused-ring (bicyclic) bond motifs is 1. The lowest BCUT2D eigenvalue weighted by molar-refractivity contribution is -0.256. The summed E-state index contributed by atoms with van der Waals surface area (Å²) in [6, 6.07) is 13.5. The second-order valence-corrected chi connectivity index (χ2v) is 7.90. The summed E-state index contributed by atoms with van der Waals surface area (Å²) < 4.78 is 5.83. The van der Waals surface area contributed by atoms with Crippen molar-refractivity contribution in [3.63, 3.8) is 0 Å². The molecule has 0 unspecified atom stereocenters. The van der Waals surface area contributed by atoms with Crippen LogP contribution in [-0.4, -0.2) is 33.4 Å². The lowest BCUT2D eigenvalue weighted by Gasteiger charge is -2.50. The monoisotopic (exact) mass is 327 g/mol. The van der Waals surface area contributed by atoms with Crippen molar-refractivity contribution in [2.45, 2.75) is 57.7 Å². The molecule has 0 spiro atoms. The molecule has 1 aliphatic rings. The summed E-state index contributed by atoms with van der Waals surface area (Å²) in [5.41, 5.74) is -0.285. The van der Waals surface area contributed by atoms with Crippen LogP contribution in [0, 0.1) is 0 Å². The highest BCUT2D eigenvalue weighted by atomic mass is 16.5. The molecule has 0 bridgehead atoms. The van der Waals surface area contributed by atoms with E-state index in [1.807, 2.05) is 70.2 Å². The first kappa shape index (κ1) is 16.9. The number of carbonyl (C=O) groups excluding carboxylic acids is 1. The van der Waals surface area contributed by atoms with Crippen LogP contribution >= 0.6 is 0 Å². The van der Waals surface area contributed by atoms with Gasteiger partial charge in [0, 0.05) is 23.9 Å². The minimum atomic E-state index is -0.439. The van der Waals surface area contributed by atoms with Crippen molar-refractivity contribution in [3.8, 4) is 0 Å². The van der Waals surface area contributed by atoms with Gasteiger partial charge in [0.2, 0.25) is 0 Å². The molecular formula is C20H25NO3. The van der Waals surface area contributed by atoms with Gasteiger partial charge in [0.25, 0.3) is 0 Å². The number of hydroxylamine groups is 2. The maximum absolute atomic E-state index is 12.7. The molecule has 0 amide bonds. The fourth-order valence-electron chi connectivity index (χ4n) is 3.88. The Kier molecular flexibility index (Phi) is 4.14. The average molecular weight is 327 g/mol. The van der Waals surface area contributed by atoms with Gasteiger partial charge in [-0.15, -0.1) is 0 Å². The zero-order chi connectivity index (χ0) is 17.5. The summed E-state index contributed by atoms with van der Waals surface area (Å²) in [6.45, 7) is 7.86. The maximum atomic E-state index is 12.7. The third-order valence-electron chi connectivity index (χ3n) is 4.88. The summed E-state index contributed by atoms with van der Waals surface area (Å²) in [7, 11) is 0. The Balaban J connectivity index is 1.84. The van der Waals surface area contributed by atoms with E-state index in [1.54, 1.807) is 0 Å². The Hall–Kier alpha value is -1.91. The van der Waals surface area contributed by atoms with E-state index in [2.05, 4.69) is 0 Å². The van der Waals surface area contributed by atoms with E-state index in [4.69, 9.17) is 4.74 Å². The third kappa shape index (κ3) is 3.04. The van der Waals surface area contributed by atoms with Crippen molar-refractivity contribution in [1.82, 2.24) is 5.06 Å². The number of benzene rings is 2. The lowest BCUT2D eigenvalue weighted by Crippen LogP contribution is -2.60. The van der Waals surface area contributed by atoms with Crippen molar-refractivity contribution in [1.29, 1.82) is 0 Å². The van der Waals surface area contributed by atoms with Gasteiger partial charge in [-0.05, 0) is 44.5 Å². The van der Waals surface area contributed by atoms with Gasteiger partial charge in [0.05, 0.1) is 5.56 Å². The van der Waals surface area contributed by atoms with Gasteiger partial charge < -0.3 is 9.94 Å². The molecule has 2 aromatic carbocycles. The van der Waals surface area contributed by atoms with Gasteiger partial charge in [-0.1, -0.05) is 36.4 Å². The van der Waals surface area contributed by atoms with Gasteiger partial charge in [-0.3, -0.25) is 0 Å². The van der Waals surface area contributed by atoms with E-state index in [1.165, 1.54) is 5.06 Å². The molecule has 24 heavy (non-hydrogen) atoms. The minimum Gasteiger partial charge on any atom is -0.459 e. The number of carbonyl (C=O) groups is 1.